The number of H-pyrrole nitrogens is 1. The summed E-state index contributed by atoms with van der Waals surface area (Å²) in [5.41, 5.74) is 6.57. The molecule has 7 N–H and O–H groups in total. The Bertz CT molecular complexity index is 777. The third-order valence-electron chi connectivity index (χ3n) is 4.71. The van der Waals surface area contributed by atoms with Crippen LogP contribution in [0.5, 0.6) is 0 Å². The number of hydrogen-bond acceptors (Lipinski definition) is 8. The molecule has 1 aromatic heterocycles. The number of aromatic nitrogens is 2. The third-order valence-corrected chi connectivity index (χ3v) is 5.72. The van der Waals surface area contributed by atoms with Gasteiger partial charge in [0, 0.05) is 24.1 Å². The quantitative estimate of drug-likeness (QED) is 0.158. The number of imidazole rings is 1. The van der Waals surface area contributed by atoms with Crippen molar-refractivity contribution in [3.05, 3.63) is 18.2 Å². The molecule has 0 radical (unpaired) electrons. The number of rotatable bonds is 15. The van der Waals surface area contributed by atoms with Crippen LogP contribution in [0.15, 0.2) is 12.5 Å². The summed E-state index contributed by atoms with van der Waals surface area (Å²) in [5, 5.41) is 16.9. The first kappa shape index (κ1) is 28.8. The first-order valence-electron chi connectivity index (χ1n) is 10.6. The Balaban J connectivity index is 2.99. The van der Waals surface area contributed by atoms with Gasteiger partial charge < -0.3 is 31.8 Å². The minimum absolute atomic E-state index is 0.101. The Labute approximate surface area is 203 Å². The maximum atomic E-state index is 13.1. The fraction of sp³-hybridized carbons (Fsp3) is 0.650. The summed E-state index contributed by atoms with van der Waals surface area (Å²) in [4.78, 5) is 56.4. The van der Waals surface area contributed by atoms with Crippen LogP contribution in [0.25, 0.3) is 0 Å². The predicted molar refractivity (Wildman–Crippen MR) is 130 cm³/mol. The lowest BCUT2D eigenvalue weighted by Gasteiger charge is -2.25. The Morgan fingerprint density at radius 1 is 1.12 bits per heavy atom. The average Bonchev–Trinajstić information content (AvgIpc) is 3.26. The second-order valence-corrected chi connectivity index (χ2v) is 9.35. The Morgan fingerprint density at radius 3 is 2.24 bits per heavy atom. The number of amides is 3. The van der Waals surface area contributed by atoms with E-state index in [9.17, 15) is 24.3 Å². The van der Waals surface area contributed by atoms with Crippen LogP contribution in [0, 0.1) is 5.92 Å². The molecule has 1 aromatic rings. The Hall–Kier alpha value is -2.25. The highest BCUT2D eigenvalue weighted by Crippen LogP contribution is 2.07. The molecule has 0 aliphatic heterocycles. The molecule has 0 saturated heterocycles. The molecule has 4 unspecified atom stereocenters. The molecular formula is C20H34N6O5S2. The molecule has 3 amide bonds. The number of nitrogens with two attached hydrogens (primary N) is 1. The maximum absolute atomic E-state index is 13.1. The third kappa shape index (κ3) is 10.5. The topological polar surface area (TPSA) is 179 Å². The van der Waals surface area contributed by atoms with E-state index in [0.29, 0.717) is 17.9 Å². The Kier molecular flexibility index (Phi) is 12.9. The summed E-state index contributed by atoms with van der Waals surface area (Å²) < 4.78 is 0. The molecule has 0 aliphatic carbocycles. The number of carboxylic acid groups (broad SMARTS) is 1. The average molecular weight is 503 g/mol. The van der Waals surface area contributed by atoms with Crippen molar-refractivity contribution in [2.24, 2.45) is 11.7 Å². The van der Waals surface area contributed by atoms with Crippen LogP contribution >= 0.6 is 24.4 Å². The van der Waals surface area contributed by atoms with E-state index in [0.717, 1.165) is 0 Å². The number of nitrogens with one attached hydrogen (secondary N) is 4. The zero-order valence-electron chi connectivity index (χ0n) is 19.0. The monoisotopic (exact) mass is 502 g/mol. The van der Waals surface area contributed by atoms with E-state index >= 15 is 0 Å². The largest absolute Gasteiger partial charge is 0.480 e. The van der Waals surface area contributed by atoms with Crippen molar-refractivity contribution in [1.82, 2.24) is 25.9 Å². The summed E-state index contributed by atoms with van der Waals surface area (Å²) in [6, 6.07) is -3.98. The number of carbonyl (C=O) groups is 4. The summed E-state index contributed by atoms with van der Waals surface area (Å²) in [7, 11) is 0. The molecule has 186 valence electrons. The smallest absolute Gasteiger partial charge is 0.327 e. The van der Waals surface area contributed by atoms with E-state index in [1.54, 1.807) is 0 Å². The number of carbonyl (C=O) groups excluding carboxylic acids is 3. The molecule has 0 spiro atoms. The number of hydrogen-bond donors (Lipinski definition) is 7. The van der Waals surface area contributed by atoms with Gasteiger partial charge in [-0.3, -0.25) is 14.4 Å². The van der Waals surface area contributed by atoms with Crippen LogP contribution < -0.4 is 21.7 Å². The van der Waals surface area contributed by atoms with Crippen molar-refractivity contribution in [2.45, 2.75) is 57.3 Å². The highest BCUT2D eigenvalue weighted by atomic mass is 32.2. The zero-order valence-corrected chi connectivity index (χ0v) is 20.7. The molecule has 0 bridgehead atoms. The lowest BCUT2D eigenvalue weighted by Crippen LogP contribution is -2.58. The van der Waals surface area contributed by atoms with E-state index < -0.39 is 47.9 Å². The van der Waals surface area contributed by atoms with Crippen LogP contribution in [-0.4, -0.2) is 80.7 Å². The van der Waals surface area contributed by atoms with Crippen LogP contribution in [0.2, 0.25) is 0 Å². The molecule has 1 heterocycles. The van der Waals surface area contributed by atoms with Crippen LogP contribution in [0.4, 0.5) is 0 Å². The van der Waals surface area contributed by atoms with Crippen LogP contribution in [0.1, 0.15) is 32.4 Å². The summed E-state index contributed by atoms with van der Waals surface area (Å²) in [5.74, 6) is -2.29. The highest BCUT2D eigenvalue weighted by Gasteiger charge is 2.30. The first-order chi connectivity index (χ1) is 15.6. The summed E-state index contributed by atoms with van der Waals surface area (Å²) in [6.07, 6.45) is 5.66. The van der Waals surface area contributed by atoms with Gasteiger partial charge in [-0.05, 0) is 30.8 Å². The fourth-order valence-corrected chi connectivity index (χ4v) is 3.67. The molecule has 11 nitrogen and oxygen atoms in total. The van der Waals surface area contributed by atoms with E-state index in [-0.39, 0.29) is 24.5 Å². The lowest BCUT2D eigenvalue weighted by atomic mass is 10.0. The van der Waals surface area contributed by atoms with Gasteiger partial charge >= 0.3 is 5.97 Å². The molecule has 0 aliphatic rings. The molecule has 0 aromatic carbocycles. The number of aromatic amines is 1. The van der Waals surface area contributed by atoms with Crippen molar-refractivity contribution in [3.63, 3.8) is 0 Å². The molecule has 1 rings (SSSR count). The number of thiol groups is 1. The van der Waals surface area contributed by atoms with Crippen LogP contribution in [0.3, 0.4) is 0 Å². The van der Waals surface area contributed by atoms with E-state index in [1.165, 1.54) is 24.3 Å². The van der Waals surface area contributed by atoms with Crippen molar-refractivity contribution < 1.29 is 24.3 Å². The van der Waals surface area contributed by atoms with Crippen molar-refractivity contribution in [3.8, 4) is 0 Å². The molecule has 4 atom stereocenters. The zero-order chi connectivity index (χ0) is 25.0. The van der Waals surface area contributed by atoms with Gasteiger partial charge in [-0.25, -0.2) is 9.78 Å². The van der Waals surface area contributed by atoms with Gasteiger partial charge in [-0.1, -0.05) is 13.8 Å². The minimum Gasteiger partial charge on any atom is -0.480 e. The van der Waals surface area contributed by atoms with E-state index in [2.05, 4.69) is 38.5 Å². The van der Waals surface area contributed by atoms with Gasteiger partial charge in [-0.2, -0.15) is 24.4 Å². The number of nitrogens with zero attached hydrogens (tertiary/aromatic N) is 1. The highest BCUT2D eigenvalue weighted by molar-refractivity contribution is 7.98. The van der Waals surface area contributed by atoms with E-state index in [1.807, 2.05) is 20.1 Å². The summed E-state index contributed by atoms with van der Waals surface area (Å²) >= 11 is 5.42. The SMILES string of the molecule is CSCCC(NC(=O)C(Cc1cnc[nH]1)NC(=O)C(N)CC(C)C)C(=O)NC(CS)C(=O)O. The van der Waals surface area contributed by atoms with Gasteiger partial charge in [0.1, 0.15) is 18.1 Å². The molecule has 13 heteroatoms. The van der Waals surface area contributed by atoms with Crippen molar-refractivity contribution >= 4 is 48.1 Å². The minimum atomic E-state index is -1.23. The van der Waals surface area contributed by atoms with Gasteiger partial charge in [-0.15, -0.1) is 0 Å². The number of thioether (sulfide) groups is 1. The Morgan fingerprint density at radius 2 is 1.73 bits per heavy atom. The summed E-state index contributed by atoms with van der Waals surface area (Å²) in [6.45, 7) is 3.87. The first-order valence-corrected chi connectivity index (χ1v) is 12.6. The normalized spacial score (nSPS) is 14.7. The van der Waals surface area contributed by atoms with E-state index in [4.69, 9.17) is 5.73 Å². The fourth-order valence-electron chi connectivity index (χ4n) is 2.95. The molecule has 0 saturated carbocycles. The van der Waals surface area contributed by atoms with Crippen LogP contribution in [-0.2, 0) is 25.6 Å². The second kappa shape index (κ2) is 14.8. The van der Waals surface area contributed by atoms with Gasteiger partial charge in [0.2, 0.25) is 17.7 Å². The lowest BCUT2D eigenvalue weighted by molar-refractivity contribution is -0.141. The predicted octanol–water partition coefficient (Wildman–Crippen LogP) is -0.452. The number of aliphatic carboxylic acids is 1. The second-order valence-electron chi connectivity index (χ2n) is 8.00. The van der Waals surface area contributed by atoms with Gasteiger partial charge in [0.25, 0.3) is 0 Å². The molecule has 33 heavy (non-hydrogen) atoms. The standard InChI is InChI=1S/C20H34N6O5S2/c1-11(2)6-13(21)17(27)25-15(7-12-8-22-10-23-12)19(29)24-14(4-5-33-3)18(28)26-16(9-32)20(30)31/h8,10-11,13-16,32H,4-7,9,21H2,1-3H3,(H,22,23)(H,24,29)(H,25,27)(H,26,28)(H,30,31). The maximum Gasteiger partial charge on any atom is 0.327 e. The van der Waals surface area contributed by atoms with Gasteiger partial charge in [0.15, 0.2) is 0 Å². The molecule has 0 fully saturated rings. The van der Waals surface area contributed by atoms with Gasteiger partial charge in [0.05, 0.1) is 12.4 Å². The van der Waals surface area contributed by atoms with Crippen molar-refractivity contribution in [2.75, 3.05) is 17.8 Å². The number of carboxylic acids is 1. The molecular weight excluding hydrogens is 468 g/mol. The van der Waals surface area contributed by atoms with Crippen molar-refractivity contribution in [1.29, 1.82) is 0 Å².